The molecule has 0 aliphatic heterocycles. The van der Waals surface area contributed by atoms with E-state index in [4.69, 9.17) is 5.11 Å². The average Bonchev–Trinajstić information content (AvgIpc) is 2.43. The zero-order valence-electron chi connectivity index (χ0n) is 11.9. The summed E-state index contributed by atoms with van der Waals surface area (Å²) in [7, 11) is 5.97. The van der Waals surface area contributed by atoms with Gasteiger partial charge in [0.1, 0.15) is 11.3 Å². The van der Waals surface area contributed by atoms with E-state index in [0.29, 0.717) is 11.0 Å². The summed E-state index contributed by atoms with van der Waals surface area (Å²) in [4.78, 5) is 23.9. The van der Waals surface area contributed by atoms with Crippen LogP contribution < -0.4 is 4.90 Å². The minimum atomic E-state index is -0.987. The Labute approximate surface area is 117 Å². The van der Waals surface area contributed by atoms with Gasteiger partial charge in [-0.3, -0.25) is 0 Å². The van der Waals surface area contributed by atoms with Crippen molar-refractivity contribution in [2.45, 2.75) is 0 Å². The molecule has 6 heteroatoms. The van der Waals surface area contributed by atoms with Gasteiger partial charge in [0, 0.05) is 20.1 Å². The lowest BCUT2D eigenvalue weighted by Gasteiger charge is -2.20. The van der Waals surface area contributed by atoms with E-state index in [1.54, 1.807) is 18.3 Å². The van der Waals surface area contributed by atoms with Crippen LogP contribution in [0, 0.1) is 0 Å². The van der Waals surface area contributed by atoms with Crippen molar-refractivity contribution >= 4 is 22.8 Å². The summed E-state index contributed by atoms with van der Waals surface area (Å²) in [5.74, 6) is -0.250. The summed E-state index contributed by atoms with van der Waals surface area (Å²) in [5.41, 5.74) is 1.20. The molecular formula is C14H18N4O2. The fourth-order valence-corrected chi connectivity index (χ4v) is 1.85. The van der Waals surface area contributed by atoms with E-state index >= 15 is 0 Å². The molecule has 0 amide bonds. The normalized spacial score (nSPS) is 11.0. The number of fused-ring (bicyclic) bond motifs is 1. The molecule has 0 aliphatic rings. The molecule has 1 aromatic carbocycles. The van der Waals surface area contributed by atoms with Gasteiger partial charge in [0.25, 0.3) is 0 Å². The maximum Gasteiger partial charge on any atom is 0.337 e. The summed E-state index contributed by atoms with van der Waals surface area (Å²) in [6.45, 7) is 1.73. The van der Waals surface area contributed by atoms with Crippen molar-refractivity contribution in [2.24, 2.45) is 0 Å². The number of likely N-dealkylation sites (N-methyl/N-ethyl adjacent to an activating group) is 2. The van der Waals surface area contributed by atoms with Gasteiger partial charge in [-0.05, 0) is 26.2 Å². The molecule has 1 aromatic heterocycles. The average molecular weight is 274 g/mol. The summed E-state index contributed by atoms with van der Waals surface area (Å²) in [6.07, 6.45) is 1.62. The highest BCUT2D eigenvalue weighted by Gasteiger charge is 2.11. The number of benzene rings is 1. The van der Waals surface area contributed by atoms with Gasteiger partial charge in [0.2, 0.25) is 0 Å². The van der Waals surface area contributed by atoms with Gasteiger partial charge in [-0.15, -0.1) is 0 Å². The van der Waals surface area contributed by atoms with E-state index in [1.807, 2.05) is 26.0 Å². The van der Waals surface area contributed by atoms with Gasteiger partial charge in [0.05, 0.1) is 17.3 Å². The standard InChI is InChI=1S/C14H18N4O2/c1-17(2)7-8-18(3)12-9-15-13-10(14(19)20)5-4-6-11(13)16-12/h4-6,9H,7-8H2,1-3H3,(H,19,20). The van der Waals surface area contributed by atoms with Crippen LogP contribution in [0.2, 0.25) is 0 Å². The van der Waals surface area contributed by atoms with Gasteiger partial charge in [0.15, 0.2) is 0 Å². The first kappa shape index (κ1) is 14.2. The second kappa shape index (κ2) is 5.83. The van der Waals surface area contributed by atoms with Crippen LogP contribution in [0.25, 0.3) is 11.0 Å². The summed E-state index contributed by atoms with van der Waals surface area (Å²) < 4.78 is 0. The van der Waals surface area contributed by atoms with Gasteiger partial charge >= 0.3 is 5.97 Å². The maximum absolute atomic E-state index is 11.1. The van der Waals surface area contributed by atoms with E-state index in [2.05, 4.69) is 14.9 Å². The van der Waals surface area contributed by atoms with Gasteiger partial charge in [-0.25, -0.2) is 14.8 Å². The number of aromatic carboxylic acids is 1. The lowest BCUT2D eigenvalue weighted by Crippen LogP contribution is -2.29. The van der Waals surface area contributed by atoms with Crippen LogP contribution in [-0.2, 0) is 0 Å². The topological polar surface area (TPSA) is 69.6 Å². The van der Waals surface area contributed by atoms with Crippen molar-refractivity contribution < 1.29 is 9.90 Å². The third-order valence-corrected chi connectivity index (χ3v) is 3.06. The maximum atomic E-state index is 11.1. The Morgan fingerprint density at radius 2 is 2.00 bits per heavy atom. The quantitative estimate of drug-likeness (QED) is 0.887. The molecule has 0 saturated carbocycles. The number of hydrogen-bond donors (Lipinski definition) is 1. The monoisotopic (exact) mass is 274 g/mol. The molecule has 106 valence electrons. The first-order valence-electron chi connectivity index (χ1n) is 6.34. The third-order valence-electron chi connectivity index (χ3n) is 3.06. The molecule has 1 heterocycles. The first-order valence-corrected chi connectivity index (χ1v) is 6.34. The van der Waals surface area contributed by atoms with Crippen LogP contribution in [0.3, 0.4) is 0 Å². The number of hydrogen-bond acceptors (Lipinski definition) is 5. The molecule has 0 atom stereocenters. The Kier molecular flexibility index (Phi) is 4.14. The summed E-state index contributed by atoms with van der Waals surface area (Å²) in [5, 5.41) is 9.12. The Morgan fingerprint density at radius 1 is 1.25 bits per heavy atom. The predicted molar refractivity (Wildman–Crippen MR) is 78.3 cm³/mol. The number of anilines is 1. The Hall–Kier alpha value is -2.21. The number of carboxylic acid groups (broad SMARTS) is 1. The molecule has 0 radical (unpaired) electrons. The molecular weight excluding hydrogens is 256 g/mol. The second-order valence-electron chi connectivity index (χ2n) is 4.93. The van der Waals surface area contributed by atoms with E-state index < -0.39 is 5.97 Å². The van der Waals surface area contributed by atoms with Crippen molar-refractivity contribution in [1.82, 2.24) is 14.9 Å². The van der Waals surface area contributed by atoms with E-state index in [1.165, 1.54) is 6.07 Å². The molecule has 1 N–H and O–H groups in total. The molecule has 20 heavy (non-hydrogen) atoms. The minimum absolute atomic E-state index is 0.178. The van der Waals surface area contributed by atoms with Gasteiger partial charge < -0.3 is 14.9 Å². The number of carbonyl (C=O) groups is 1. The molecule has 0 unspecified atom stereocenters. The number of carboxylic acids is 1. The highest BCUT2D eigenvalue weighted by molar-refractivity contribution is 6.00. The van der Waals surface area contributed by atoms with Crippen molar-refractivity contribution in [3.8, 4) is 0 Å². The van der Waals surface area contributed by atoms with Crippen molar-refractivity contribution in [3.63, 3.8) is 0 Å². The molecule has 6 nitrogen and oxygen atoms in total. The highest BCUT2D eigenvalue weighted by Crippen LogP contribution is 2.18. The Bertz CT molecular complexity index is 628. The molecule has 0 bridgehead atoms. The predicted octanol–water partition coefficient (Wildman–Crippen LogP) is 1.33. The van der Waals surface area contributed by atoms with E-state index in [9.17, 15) is 4.79 Å². The number of rotatable bonds is 5. The molecule has 0 aliphatic carbocycles. The fraction of sp³-hybridized carbons (Fsp3) is 0.357. The van der Waals surface area contributed by atoms with Crippen LogP contribution in [0.4, 0.5) is 5.82 Å². The number of para-hydroxylation sites is 1. The lowest BCUT2D eigenvalue weighted by molar-refractivity contribution is 0.0699. The van der Waals surface area contributed by atoms with Crippen LogP contribution in [0.1, 0.15) is 10.4 Å². The number of aromatic nitrogens is 2. The van der Waals surface area contributed by atoms with Gasteiger partial charge in [-0.2, -0.15) is 0 Å². The van der Waals surface area contributed by atoms with Crippen molar-refractivity contribution in [3.05, 3.63) is 30.0 Å². The zero-order valence-corrected chi connectivity index (χ0v) is 11.9. The molecule has 0 fully saturated rings. The van der Waals surface area contributed by atoms with Gasteiger partial charge in [-0.1, -0.05) is 6.07 Å². The zero-order chi connectivity index (χ0) is 14.7. The molecule has 0 spiro atoms. The van der Waals surface area contributed by atoms with Crippen LogP contribution >= 0.6 is 0 Å². The second-order valence-corrected chi connectivity index (χ2v) is 4.93. The largest absolute Gasteiger partial charge is 0.478 e. The Morgan fingerprint density at radius 3 is 2.65 bits per heavy atom. The van der Waals surface area contributed by atoms with E-state index in [-0.39, 0.29) is 5.56 Å². The molecule has 0 saturated heterocycles. The third kappa shape index (κ3) is 3.03. The lowest BCUT2D eigenvalue weighted by atomic mass is 10.2. The van der Waals surface area contributed by atoms with Crippen molar-refractivity contribution in [2.75, 3.05) is 39.1 Å². The summed E-state index contributed by atoms with van der Waals surface area (Å²) in [6, 6.07) is 5.00. The number of nitrogens with zero attached hydrogens (tertiary/aromatic N) is 4. The SMILES string of the molecule is CN(C)CCN(C)c1cnc2c(C(=O)O)cccc2n1. The fourth-order valence-electron chi connectivity index (χ4n) is 1.85. The first-order chi connectivity index (χ1) is 9.49. The van der Waals surface area contributed by atoms with Crippen LogP contribution in [0.5, 0.6) is 0 Å². The van der Waals surface area contributed by atoms with E-state index in [0.717, 1.165) is 18.9 Å². The molecule has 2 rings (SSSR count). The minimum Gasteiger partial charge on any atom is -0.478 e. The smallest absolute Gasteiger partial charge is 0.337 e. The summed E-state index contributed by atoms with van der Waals surface area (Å²) >= 11 is 0. The Balaban J connectivity index is 2.32. The molecule has 2 aromatic rings. The highest BCUT2D eigenvalue weighted by atomic mass is 16.4. The van der Waals surface area contributed by atoms with Crippen molar-refractivity contribution in [1.29, 1.82) is 0 Å². The van der Waals surface area contributed by atoms with Crippen LogP contribution in [-0.4, -0.2) is 60.2 Å². The van der Waals surface area contributed by atoms with Crippen LogP contribution in [0.15, 0.2) is 24.4 Å².